The molecule has 0 aliphatic heterocycles. The molecule has 218 valence electrons. The molecule has 0 aromatic heterocycles. The molecule has 0 bridgehead atoms. The molecule has 1 unspecified atom stereocenters. The first-order chi connectivity index (χ1) is 20.1. The van der Waals surface area contributed by atoms with E-state index in [2.05, 4.69) is 5.32 Å². The van der Waals surface area contributed by atoms with Crippen LogP contribution in [0.3, 0.4) is 0 Å². The number of hydrogen-bond donors (Lipinski definition) is 2. The van der Waals surface area contributed by atoms with Crippen LogP contribution in [-0.4, -0.2) is 23.7 Å². The number of amides is 2. The molecule has 0 spiro atoms. The van der Waals surface area contributed by atoms with Crippen LogP contribution in [0.5, 0.6) is 0 Å². The smallest absolute Gasteiger partial charge is 0.416 e. The third kappa shape index (κ3) is 8.39. The summed E-state index contributed by atoms with van der Waals surface area (Å²) in [6.07, 6.45) is -2.54. The SMILES string of the molecule is CCC(C(=O)O)c1ccc(Sc2cccc(N(CCCc3ccccc3)C(=O)Nc3ccc(C(F)(F)F)cc3)c2)cc1. The molecule has 9 heteroatoms. The second-order valence-corrected chi connectivity index (χ2v) is 10.9. The quantitative estimate of drug-likeness (QED) is 0.182. The fourth-order valence-electron chi connectivity index (χ4n) is 4.54. The summed E-state index contributed by atoms with van der Waals surface area (Å²) in [6.45, 7) is 2.23. The van der Waals surface area contributed by atoms with Gasteiger partial charge in [-0.15, -0.1) is 0 Å². The lowest BCUT2D eigenvalue weighted by atomic mass is 9.97. The normalized spacial score (nSPS) is 12.0. The Labute approximate surface area is 247 Å². The van der Waals surface area contributed by atoms with Gasteiger partial charge in [-0.1, -0.05) is 67.2 Å². The van der Waals surface area contributed by atoms with E-state index < -0.39 is 29.7 Å². The summed E-state index contributed by atoms with van der Waals surface area (Å²) in [5.41, 5.74) is 2.00. The Morgan fingerprint density at radius 3 is 2.19 bits per heavy atom. The maximum atomic E-state index is 13.4. The van der Waals surface area contributed by atoms with E-state index in [1.165, 1.54) is 23.9 Å². The third-order valence-electron chi connectivity index (χ3n) is 6.75. The number of benzene rings is 4. The highest BCUT2D eigenvalue weighted by molar-refractivity contribution is 7.99. The minimum Gasteiger partial charge on any atom is -0.481 e. The molecule has 0 saturated carbocycles. The number of nitrogens with one attached hydrogen (secondary N) is 1. The van der Waals surface area contributed by atoms with Gasteiger partial charge < -0.3 is 10.4 Å². The zero-order valence-corrected chi connectivity index (χ0v) is 23.8. The van der Waals surface area contributed by atoms with Gasteiger partial charge in [0.05, 0.1) is 11.5 Å². The number of nitrogens with zero attached hydrogens (tertiary/aromatic N) is 1. The summed E-state index contributed by atoms with van der Waals surface area (Å²) in [5.74, 6) is -1.41. The summed E-state index contributed by atoms with van der Waals surface area (Å²) in [5, 5.41) is 12.2. The van der Waals surface area contributed by atoms with Crippen molar-refractivity contribution in [3.05, 3.63) is 120 Å². The van der Waals surface area contributed by atoms with Gasteiger partial charge in [0.1, 0.15) is 0 Å². The maximum Gasteiger partial charge on any atom is 0.416 e. The minimum absolute atomic E-state index is 0.262. The Kier molecular flexibility index (Phi) is 10.3. The lowest BCUT2D eigenvalue weighted by molar-refractivity contribution is -0.139. The van der Waals surface area contributed by atoms with Crippen molar-refractivity contribution in [2.24, 2.45) is 0 Å². The number of carboxylic acids is 1. The van der Waals surface area contributed by atoms with Crippen LogP contribution in [0.2, 0.25) is 0 Å². The average molecular weight is 593 g/mol. The number of urea groups is 1. The number of carbonyl (C=O) groups excluding carboxylic acids is 1. The number of aryl methyl sites for hydroxylation is 1. The molecule has 0 heterocycles. The van der Waals surface area contributed by atoms with E-state index in [-0.39, 0.29) is 5.69 Å². The topological polar surface area (TPSA) is 69.6 Å². The molecule has 5 nitrogen and oxygen atoms in total. The van der Waals surface area contributed by atoms with Crippen LogP contribution in [0.15, 0.2) is 113 Å². The second-order valence-electron chi connectivity index (χ2n) is 9.71. The first-order valence-electron chi connectivity index (χ1n) is 13.5. The minimum atomic E-state index is -4.46. The Balaban J connectivity index is 1.52. The van der Waals surface area contributed by atoms with Crippen LogP contribution in [0.25, 0.3) is 0 Å². The molecule has 2 amide bonds. The predicted molar refractivity (Wildman–Crippen MR) is 160 cm³/mol. The van der Waals surface area contributed by atoms with Crippen molar-refractivity contribution in [1.82, 2.24) is 0 Å². The molecule has 1 atom stereocenters. The number of hydrogen-bond acceptors (Lipinski definition) is 3. The third-order valence-corrected chi connectivity index (χ3v) is 7.75. The Morgan fingerprint density at radius 1 is 0.881 bits per heavy atom. The largest absolute Gasteiger partial charge is 0.481 e. The van der Waals surface area contributed by atoms with Crippen LogP contribution in [0, 0.1) is 0 Å². The second kappa shape index (κ2) is 14.1. The van der Waals surface area contributed by atoms with Crippen LogP contribution < -0.4 is 10.2 Å². The molecule has 0 saturated heterocycles. The monoisotopic (exact) mass is 592 g/mol. The first kappa shape index (κ1) is 30.7. The highest BCUT2D eigenvalue weighted by Crippen LogP contribution is 2.33. The number of carbonyl (C=O) groups is 2. The molecule has 4 aromatic carbocycles. The van der Waals surface area contributed by atoms with Crippen molar-refractivity contribution < 1.29 is 27.9 Å². The van der Waals surface area contributed by atoms with Gasteiger partial charge in [-0.3, -0.25) is 9.69 Å². The molecule has 0 radical (unpaired) electrons. The van der Waals surface area contributed by atoms with Gasteiger partial charge in [-0.05, 0) is 85.0 Å². The lowest BCUT2D eigenvalue weighted by Crippen LogP contribution is -2.36. The van der Waals surface area contributed by atoms with Gasteiger partial charge >= 0.3 is 18.2 Å². The van der Waals surface area contributed by atoms with Crippen LogP contribution >= 0.6 is 11.8 Å². The van der Waals surface area contributed by atoms with E-state index in [9.17, 15) is 27.9 Å². The predicted octanol–water partition coefficient (Wildman–Crippen LogP) is 9.11. The average Bonchev–Trinajstić information content (AvgIpc) is 2.97. The number of aliphatic carboxylic acids is 1. The van der Waals surface area contributed by atoms with Crippen LogP contribution in [0.1, 0.15) is 42.4 Å². The standard InChI is InChI=1S/C33H31F3N2O3S/c1-2-30(31(39)40)24-13-19-28(20-14-24)42-29-12-6-11-27(22-29)38(21-7-10-23-8-4-3-5-9-23)32(41)37-26-17-15-25(16-18-26)33(34,35)36/h3-6,8-9,11-20,22,30H,2,7,10,21H2,1H3,(H,37,41)(H,39,40). The summed E-state index contributed by atoms with van der Waals surface area (Å²) < 4.78 is 39.0. The number of anilines is 2. The van der Waals surface area contributed by atoms with Gasteiger partial charge in [0.15, 0.2) is 0 Å². The van der Waals surface area contributed by atoms with E-state index in [4.69, 9.17) is 0 Å². The fraction of sp³-hybridized carbons (Fsp3) is 0.212. The van der Waals surface area contributed by atoms with Gasteiger partial charge in [-0.2, -0.15) is 13.2 Å². The summed E-state index contributed by atoms with van der Waals surface area (Å²) >= 11 is 1.48. The van der Waals surface area contributed by atoms with Crippen LogP contribution in [-0.2, 0) is 17.4 Å². The fourth-order valence-corrected chi connectivity index (χ4v) is 5.41. The number of alkyl halides is 3. The van der Waals surface area contributed by atoms with Crippen molar-refractivity contribution in [2.45, 2.75) is 48.1 Å². The lowest BCUT2D eigenvalue weighted by Gasteiger charge is -2.24. The molecular weight excluding hydrogens is 561 g/mol. The number of halogens is 3. The van der Waals surface area contributed by atoms with Crippen molar-refractivity contribution in [3.8, 4) is 0 Å². The summed E-state index contributed by atoms with van der Waals surface area (Å²) in [4.78, 5) is 28.3. The Hall–Kier alpha value is -4.24. The number of carboxylic acid groups (broad SMARTS) is 1. The van der Waals surface area contributed by atoms with E-state index in [1.54, 1.807) is 4.90 Å². The molecule has 0 aliphatic carbocycles. The first-order valence-corrected chi connectivity index (χ1v) is 14.4. The molecule has 42 heavy (non-hydrogen) atoms. The van der Waals surface area contributed by atoms with E-state index >= 15 is 0 Å². The Morgan fingerprint density at radius 2 is 1.57 bits per heavy atom. The highest BCUT2D eigenvalue weighted by Gasteiger charge is 2.30. The van der Waals surface area contributed by atoms with Crippen molar-refractivity contribution in [3.63, 3.8) is 0 Å². The van der Waals surface area contributed by atoms with Gasteiger partial charge in [0.25, 0.3) is 0 Å². The molecule has 2 N–H and O–H groups in total. The Bertz CT molecular complexity index is 1480. The van der Waals surface area contributed by atoms with E-state index in [0.29, 0.717) is 25.1 Å². The van der Waals surface area contributed by atoms with Gasteiger partial charge in [0, 0.05) is 27.7 Å². The summed E-state index contributed by atoms with van der Waals surface area (Å²) in [7, 11) is 0. The van der Waals surface area contributed by atoms with Gasteiger partial charge in [0.2, 0.25) is 0 Å². The highest BCUT2D eigenvalue weighted by atomic mass is 32.2. The maximum absolute atomic E-state index is 13.4. The van der Waals surface area contributed by atoms with Gasteiger partial charge in [-0.25, -0.2) is 4.79 Å². The zero-order valence-electron chi connectivity index (χ0n) is 23.0. The molecular formula is C33H31F3N2O3S. The molecule has 0 fully saturated rings. The van der Waals surface area contributed by atoms with E-state index in [0.717, 1.165) is 39.5 Å². The van der Waals surface area contributed by atoms with Crippen molar-refractivity contribution >= 4 is 35.1 Å². The van der Waals surface area contributed by atoms with Crippen LogP contribution in [0.4, 0.5) is 29.3 Å². The molecule has 0 aliphatic rings. The zero-order chi connectivity index (χ0) is 30.1. The molecule has 4 aromatic rings. The van der Waals surface area contributed by atoms with E-state index in [1.807, 2.05) is 85.8 Å². The summed E-state index contributed by atoms with van der Waals surface area (Å²) in [6, 6.07) is 28.7. The number of rotatable bonds is 11. The van der Waals surface area contributed by atoms with Crippen molar-refractivity contribution in [1.29, 1.82) is 0 Å². The van der Waals surface area contributed by atoms with Crippen molar-refractivity contribution in [2.75, 3.05) is 16.8 Å². The molecule has 4 rings (SSSR count).